The molecule has 0 aliphatic heterocycles. The Bertz CT molecular complexity index is 453. The predicted octanol–water partition coefficient (Wildman–Crippen LogP) is 0.347. The zero-order chi connectivity index (χ0) is 14.8. The number of aliphatic imine (C=N–C) groups is 1. The molecule has 1 heterocycles. The van der Waals surface area contributed by atoms with Gasteiger partial charge in [-0.25, -0.2) is 0 Å². The molecule has 7 heteroatoms. The van der Waals surface area contributed by atoms with Gasteiger partial charge in [-0.15, -0.1) is 0 Å². The van der Waals surface area contributed by atoms with E-state index in [1.165, 1.54) is 0 Å². The molecule has 0 aliphatic rings. The zero-order valence-electron chi connectivity index (χ0n) is 11.7. The third-order valence-electron chi connectivity index (χ3n) is 2.41. The van der Waals surface area contributed by atoms with Gasteiger partial charge in [0, 0.05) is 24.5 Å². The number of hydrogen-bond donors (Lipinski definition) is 4. The molecule has 1 aromatic rings. The number of guanidine groups is 1. The van der Waals surface area contributed by atoms with Gasteiger partial charge in [0.2, 0.25) is 5.88 Å². The van der Waals surface area contributed by atoms with Gasteiger partial charge < -0.3 is 27.3 Å². The number of pyridine rings is 1. The van der Waals surface area contributed by atoms with Crippen LogP contribution in [0.4, 0.5) is 0 Å². The summed E-state index contributed by atoms with van der Waals surface area (Å²) in [5, 5.41) is 3.05. The lowest BCUT2D eigenvalue weighted by Gasteiger charge is -2.11. The number of aromatic nitrogens is 1. The van der Waals surface area contributed by atoms with Crippen molar-refractivity contribution in [3.8, 4) is 0 Å². The molecule has 110 valence electrons. The summed E-state index contributed by atoms with van der Waals surface area (Å²) in [6, 6.07) is 3.72. The average molecular weight is 278 g/mol. The van der Waals surface area contributed by atoms with Crippen LogP contribution in [-0.2, 0) is 11.3 Å². The molecule has 0 unspecified atom stereocenters. The monoisotopic (exact) mass is 278 g/mol. The zero-order valence-corrected chi connectivity index (χ0v) is 11.7. The highest BCUT2D eigenvalue weighted by Gasteiger charge is 2.05. The first-order valence-electron chi connectivity index (χ1n) is 6.48. The van der Waals surface area contributed by atoms with Crippen molar-refractivity contribution in [3.63, 3.8) is 0 Å². The molecule has 0 saturated heterocycles. The average Bonchev–Trinajstić information content (AvgIpc) is 2.44. The summed E-state index contributed by atoms with van der Waals surface area (Å²) in [5.41, 5.74) is 17.5. The number of nitrogens with two attached hydrogens (primary N) is 3. The second-order valence-electron chi connectivity index (χ2n) is 4.18. The van der Waals surface area contributed by atoms with Crippen LogP contribution >= 0.6 is 0 Å². The summed E-state index contributed by atoms with van der Waals surface area (Å²) in [7, 11) is 0. The lowest BCUT2D eigenvalue weighted by Crippen LogP contribution is -2.27. The van der Waals surface area contributed by atoms with Crippen LogP contribution in [0.5, 0.6) is 0 Å². The van der Waals surface area contributed by atoms with Crippen LogP contribution in [0, 0.1) is 0 Å². The summed E-state index contributed by atoms with van der Waals surface area (Å²) < 4.78 is 5.46. The Kier molecular flexibility index (Phi) is 6.74. The van der Waals surface area contributed by atoms with Gasteiger partial charge in [0.1, 0.15) is 6.61 Å². The molecule has 1 aromatic heterocycles. The van der Waals surface area contributed by atoms with Crippen molar-refractivity contribution in [2.24, 2.45) is 22.2 Å². The van der Waals surface area contributed by atoms with E-state index < -0.39 is 0 Å². The van der Waals surface area contributed by atoms with Crippen LogP contribution in [0.2, 0.25) is 0 Å². The first-order chi connectivity index (χ1) is 9.63. The number of unbranched alkanes of at least 4 members (excludes halogenated alkanes) is 1. The van der Waals surface area contributed by atoms with Crippen molar-refractivity contribution in [1.82, 2.24) is 10.3 Å². The van der Waals surface area contributed by atoms with Gasteiger partial charge in [-0.05, 0) is 12.5 Å². The highest BCUT2D eigenvalue weighted by atomic mass is 16.5. The Morgan fingerprint density at radius 2 is 2.20 bits per heavy atom. The topological polar surface area (TPSA) is 125 Å². The number of hydrogen-bond acceptors (Lipinski definition) is 5. The van der Waals surface area contributed by atoms with E-state index in [1.54, 1.807) is 12.4 Å². The van der Waals surface area contributed by atoms with Crippen molar-refractivity contribution in [2.75, 3.05) is 6.54 Å². The predicted molar refractivity (Wildman–Crippen MR) is 79.0 cm³/mol. The number of rotatable bonds is 8. The molecular weight excluding hydrogens is 256 g/mol. The highest BCUT2D eigenvalue weighted by molar-refractivity contribution is 5.76. The van der Waals surface area contributed by atoms with E-state index in [0.717, 1.165) is 24.9 Å². The standard InChI is InChI=1S/C13H22N6O/c1-2-3-7-18-12(19-13(15)16)11(14)20-9-10-5-4-6-17-8-10/h4-6,8,18H,2-3,7,9,14H2,1H3,(H4,15,16,19)/b12-11+. The molecule has 0 amide bonds. The van der Waals surface area contributed by atoms with Crippen molar-refractivity contribution in [1.29, 1.82) is 0 Å². The van der Waals surface area contributed by atoms with Gasteiger partial charge in [0.05, 0.1) is 0 Å². The van der Waals surface area contributed by atoms with E-state index in [9.17, 15) is 0 Å². The molecule has 20 heavy (non-hydrogen) atoms. The Morgan fingerprint density at radius 3 is 2.80 bits per heavy atom. The van der Waals surface area contributed by atoms with Crippen LogP contribution in [-0.4, -0.2) is 17.5 Å². The van der Waals surface area contributed by atoms with Crippen molar-refractivity contribution >= 4 is 5.96 Å². The molecule has 0 fully saturated rings. The van der Waals surface area contributed by atoms with Crippen LogP contribution in [0.1, 0.15) is 25.3 Å². The summed E-state index contributed by atoms with van der Waals surface area (Å²) in [5.74, 6) is 0.428. The molecule has 0 aliphatic carbocycles. The first kappa shape index (κ1) is 15.6. The Labute approximate surface area is 118 Å². The van der Waals surface area contributed by atoms with E-state index in [-0.39, 0.29) is 11.8 Å². The molecular formula is C13H22N6O. The van der Waals surface area contributed by atoms with E-state index in [0.29, 0.717) is 12.4 Å². The van der Waals surface area contributed by atoms with Crippen molar-refractivity contribution in [3.05, 3.63) is 41.8 Å². The van der Waals surface area contributed by atoms with E-state index in [4.69, 9.17) is 21.9 Å². The Balaban J connectivity index is 2.66. The van der Waals surface area contributed by atoms with E-state index >= 15 is 0 Å². The number of ether oxygens (including phenoxy) is 1. The molecule has 7 nitrogen and oxygen atoms in total. The van der Waals surface area contributed by atoms with Crippen LogP contribution in [0.25, 0.3) is 0 Å². The lowest BCUT2D eigenvalue weighted by atomic mass is 10.3. The lowest BCUT2D eigenvalue weighted by molar-refractivity contribution is 0.189. The van der Waals surface area contributed by atoms with Gasteiger partial charge in [-0.1, -0.05) is 19.4 Å². The summed E-state index contributed by atoms with van der Waals surface area (Å²) >= 11 is 0. The van der Waals surface area contributed by atoms with Crippen LogP contribution in [0.15, 0.2) is 41.2 Å². The molecule has 0 bridgehead atoms. The molecule has 1 rings (SSSR count). The smallest absolute Gasteiger partial charge is 0.228 e. The summed E-state index contributed by atoms with van der Waals surface area (Å²) in [6.07, 6.45) is 5.44. The minimum atomic E-state index is -0.0723. The molecule has 0 radical (unpaired) electrons. The van der Waals surface area contributed by atoms with Crippen LogP contribution in [0.3, 0.4) is 0 Å². The van der Waals surface area contributed by atoms with Crippen LogP contribution < -0.4 is 22.5 Å². The molecule has 0 aromatic carbocycles. The van der Waals surface area contributed by atoms with Gasteiger partial charge in [-0.2, -0.15) is 4.99 Å². The maximum Gasteiger partial charge on any atom is 0.228 e. The Morgan fingerprint density at radius 1 is 1.40 bits per heavy atom. The normalized spacial score (nSPS) is 11.4. The second-order valence-corrected chi connectivity index (χ2v) is 4.18. The minimum Gasteiger partial charge on any atom is -0.472 e. The summed E-state index contributed by atoms with van der Waals surface area (Å²) in [4.78, 5) is 7.93. The maximum absolute atomic E-state index is 5.85. The largest absolute Gasteiger partial charge is 0.472 e. The maximum atomic E-state index is 5.85. The highest BCUT2D eigenvalue weighted by Crippen LogP contribution is 2.05. The van der Waals surface area contributed by atoms with Gasteiger partial charge in [0.25, 0.3) is 0 Å². The van der Waals surface area contributed by atoms with Gasteiger partial charge in [-0.3, -0.25) is 4.98 Å². The molecule has 0 saturated carbocycles. The Hall–Kier alpha value is -2.44. The van der Waals surface area contributed by atoms with Crippen molar-refractivity contribution < 1.29 is 4.74 Å². The fourth-order valence-corrected chi connectivity index (χ4v) is 1.41. The fourth-order valence-electron chi connectivity index (χ4n) is 1.41. The molecule has 7 N–H and O–H groups in total. The van der Waals surface area contributed by atoms with Gasteiger partial charge >= 0.3 is 0 Å². The SMILES string of the molecule is CCCCN/C(N=C(N)N)=C(/N)OCc1cccnc1. The second kappa shape index (κ2) is 8.63. The quantitative estimate of drug-likeness (QED) is 0.235. The molecule has 0 atom stereocenters. The minimum absolute atomic E-state index is 0.0723. The molecule has 0 spiro atoms. The van der Waals surface area contributed by atoms with E-state index in [1.807, 2.05) is 12.1 Å². The summed E-state index contributed by atoms with van der Waals surface area (Å²) in [6.45, 7) is 3.12. The third kappa shape index (κ3) is 5.94. The number of nitrogens with one attached hydrogen (secondary N) is 1. The van der Waals surface area contributed by atoms with Crippen molar-refractivity contribution in [2.45, 2.75) is 26.4 Å². The van der Waals surface area contributed by atoms with E-state index in [2.05, 4.69) is 22.2 Å². The third-order valence-corrected chi connectivity index (χ3v) is 2.41. The first-order valence-corrected chi connectivity index (χ1v) is 6.48. The fraction of sp³-hybridized carbons (Fsp3) is 0.385. The van der Waals surface area contributed by atoms with Gasteiger partial charge in [0.15, 0.2) is 11.8 Å². The number of nitrogens with zero attached hydrogens (tertiary/aromatic N) is 2.